The molecule has 0 atom stereocenters. The second-order valence-corrected chi connectivity index (χ2v) is 12.6. The van der Waals surface area contributed by atoms with Gasteiger partial charge in [-0.3, -0.25) is 0 Å². The molecule has 0 unspecified atom stereocenters. The summed E-state index contributed by atoms with van der Waals surface area (Å²) in [6.07, 6.45) is 26.2. The first-order valence-corrected chi connectivity index (χ1v) is 16.8. The molecule has 0 rings (SSSR count). The lowest BCUT2D eigenvalue weighted by molar-refractivity contribution is 0.272. The van der Waals surface area contributed by atoms with Gasteiger partial charge in [0, 0.05) is 0 Å². The zero-order valence-electron chi connectivity index (χ0n) is 25.9. The zero-order valence-corrected chi connectivity index (χ0v) is 27.7. The van der Waals surface area contributed by atoms with Gasteiger partial charge in [-0.05, 0) is 120 Å². The van der Waals surface area contributed by atoms with Crippen molar-refractivity contribution in [3.8, 4) is 0 Å². The molecule has 0 bridgehead atoms. The van der Waals surface area contributed by atoms with Crippen LogP contribution in [0.1, 0.15) is 120 Å². The van der Waals surface area contributed by atoms with E-state index in [1.54, 1.807) is 0 Å². The molecule has 0 aliphatic heterocycles. The van der Waals surface area contributed by atoms with Crippen LogP contribution >= 0.6 is 15.6 Å². The van der Waals surface area contributed by atoms with Crippen LogP contribution in [0.4, 0.5) is 0 Å². The van der Waals surface area contributed by atoms with Crippen LogP contribution in [0, 0.1) is 0 Å². The Bertz CT molecular complexity index is 858. The fourth-order valence-corrected chi connectivity index (χ4v) is 3.34. The molecule has 10 heteroatoms. The Balaban J connectivity index is -0.00000116. The van der Waals surface area contributed by atoms with Crippen LogP contribution in [0.15, 0.2) is 69.9 Å². The molecule has 40 heavy (non-hydrogen) atoms. The third-order valence-corrected chi connectivity index (χ3v) is 5.40. The molecular formula is C30H56O8P2. The fraction of sp³-hybridized carbons (Fsp3) is 0.600. The molecule has 0 saturated heterocycles. The molecule has 0 aromatic rings. The van der Waals surface area contributed by atoms with Crippen molar-refractivity contribution in [2.75, 3.05) is 0 Å². The number of phosphoric acid groups is 2. The lowest BCUT2D eigenvalue weighted by Crippen LogP contribution is -1.82. The van der Waals surface area contributed by atoms with Crippen molar-refractivity contribution in [1.29, 1.82) is 0 Å². The molecule has 0 amide bonds. The van der Waals surface area contributed by atoms with E-state index in [2.05, 4.69) is 91.8 Å². The predicted octanol–water partition coefficient (Wildman–Crippen LogP) is 8.75. The van der Waals surface area contributed by atoms with Crippen molar-refractivity contribution in [1.82, 2.24) is 0 Å². The summed E-state index contributed by atoms with van der Waals surface area (Å²) in [5.74, 6) is 0. The van der Waals surface area contributed by atoms with Gasteiger partial charge in [0.05, 0.1) is 0 Å². The van der Waals surface area contributed by atoms with Crippen molar-refractivity contribution in [2.24, 2.45) is 0 Å². The van der Waals surface area contributed by atoms with Crippen LogP contribution in [0.25, 0.3) is 0 Å². The Morgan fingerprint density at radius 2 is 0.575 bits per heavy atom. The molecule has 0 aliphatic rings. The number of rotatable bonds is 15. The first-order valence-electron chi connectivity index (χ1n) is 13.7. The van der Waals surface area contributed by atoms with Crippen molar-refractivity contribution in [3.05, 3.63) is 69.9 Å². The van der Waals surface area contributed by atoms with Crippen molar-refractivity contribution >= 4 is 15.6 Å². The summed E-state index contributed by atoms with van der Waals surface area (Å²) >= 11 is 0. The number of hydrogen-bond donors (Lipinski definition) is 6. The lowest BCUT2D eigenvalue weighted by Gasteiger charge is -2.02. The quantitative estimate of drug-likeness (QED) is 0.0614. The van der Waals surface area contributed by atoms with Gasteiger partial charge in [-0.1, -0.05) is 69.9 Å². The van der Waals surface area contributed by atoms with Gasteiger partial charge in [-0.2, -0.15) is 0 Å². The van der Waals surface area contributed by atoms with Crippen molar-refractivity contribution in [2.45, 2.75) is 120 Å². The lowest BCUT2D eigenvalue weighted by atomic mass is 10.0. The highest BCUT2D eigenvalue weighted by Gasteiger charge is 2.00. The van der Waals surface area contributed by atoms with Crippen LogP contribution in [-0.2, 0) is 9.13 Å². The molecule has 0 radical (unpaired) electrons. The van der Waals surface area contributed by atoms with E-state index < -0.39 is 15.6 Å². The predicted molar refractivity (Wildman–Crippen MR) is 169 cm³/mol. The summed E-state index contributed by atoms with van der Waals surface area (Å²) in [6, 6.07) is 0. The topological polar surface area (TPSA) is 156 Å². The molecule has 0 aromatic heterocycles. The minimum absolute atomic E-state index is 1.17. The molecule has 0 aromatic carbocycles. The Morgan fingerprint density at radius 3 is 0.775 bits per heavy atom. The Morgan fingerprint density at radius 1 is 0.400 bits per heavy atom. The van der Waals surface area contributed by atoms with Crippen molar-refractivity contribution < 1.29 is 38.5 Å². The normalized spacial score (nSPS) is 13.1. The molecule has 0 heterocycles. The van der Waals surface area contributed by atoms with E-state index in [4.69, 9.17) is 38.5 Å². The summed E-state index contributed by atoms with van der Waals surface area (Å²) in [7, 11) is -9.28. The van der Waals surface area contributed by atoms with Crippen LogP contribution in [-0.4, -0.2) is 29.4 Å². The maximum atomic E-state index is 8.88. The molecule has 0 saturated carbocycles. The average molecular weight is 607 g/mol. The highest BCUT2D eigenvalue weighted by Crippen LogP contribution is 2.26. The Labute approximate surface area is 243 Å². The summed E-state index contributed by atoms with van der Waals surface area (Å²) in [6.45, 7) is 17.8. The molecule has 0 aliphatic carbocycles. The van der Waals surface area contributed by atoms with Gasteiger partial charge in [-0.25, -0.2) is 9.13 Å². The van der Waals surface area contributed by atoms with E-state index in [0.29, 0.717) is 0 Å². The first-order chi connectivity index (χ1) is 18.2. The van der Waals surface area contributed by atoms with E-state index in [9.17, 15) is 0 Å². The monoisotopic (exact) mass is 606 g/mol. The fourth-order valence-electron chi connectivity index (χ4n) is 3.34. The van der Waals surface area contributed by atoms with E-state index in [1.807, 2.05) is 0 Å². The van der Waals surface area contributed by atoms with Crippen molar-refractivity contribution in [3.63, 3.8) is 0 Å². The largest absolute Gasteiger partial charge is 0.466 e. The summed E-state index contributed by atoms with van der Waals surface area (Å²) in [5.41, 5.74) is 8.97. The number of allylic oxidation sites excluding steroid dienone is 12. The first kappa shape index (κ1) is 43.1. The maximum Gasteiger partial charge on any atom is 0.466 e. The van der Waals surface area contributed by atoms with E-state index in [-0.39, 0.29) is 0 Å². The van der Waals surface area contributed by atoms with Gasteiger partial charge >= 0.3 is 15.6 Å². The zero-order chi connectivity index (χ0) is 31.8. The minimum atomic E-state index is -4.64. The SMILES string of the molecule is CC(C)=CCCC(C)=CCCC(C)=CCCC=C(C)CCC=C(C)CCC=C(C)C.O=P(O)(O)O.O=P(O)(O)O. The maximum absolute atomic E-state index is 8.88. The third-order valence-electron chi connectivity index (χ3n) is 5.40. The van der Waals surface area contributed by atoms with Crippen LogP contribution in [0.3, 0.4) is 0 Å². The Hall–Kier alpha value is -1.34. The highest BCUT2D eigenvalue weighted by atomic mass is 31.2. The average Bonchev–Trinajstić information content (AvgIpc) is 2.74. The van der Waals surface area contributed by atoms with Crippen LogP contribution < -0.4 is 0 Å². The summed E-state index contributed by atoms with van der Waals surface area (Å²) in [4.78, 5) is 43.1. The molecule has 6 N–H and O–H groups in total. The highest BCUT2D eigenvalue weighted by molar-refractivity contribution is 7.45. The molecule has 8 nitrogen and oxygen atoms in total. The second-order valence-electron chi connectivity index (χ2n) is 10.5. The molecular weight excluding hydrogens is 550 g/mol. The van der Waals surface area contributed by atoms with Gasteiger partial charge < -0.3 is 29.4 Å². The molecule has 0 fully saturated rings. The smallest absolute Gasteiger partial charge is 0.303 e. The summed E-state index contributed by atoms with van der Waals surface area (Å²) < 4.78 is 17.8. The minimum Gasteiger partial charge on any atom is -0.303 e. The standard InChI is InChI=1S/C30H50.2H3O4P/c1-25(2)15-11-19-29(7)23-13-21-27(5)17-9-10-18-28(6)22-14-24-30(8)20-12-16-26(3)4;2*1-5(2,3)4/h15-18,23-24H,9-14,19-22H2,1-8H3;2*(H3,1,2,3,4). The van der Waals surface area contributed by atoms with Gasteiger partial charge in [0.2, 0.25) is 0 Å². The Kier molecular flexibility index (Phi) is 27.4. The van der Waals surface area contributed by atoms with E-state index >= 15 is 0 Å². The third kappa shape index (κ3) is 53.0. The molecule has 234 valence electrons. The number of unbranched alkanes of at least 4 members (excludes halogenated alkanes) is 1. The van der Waals surface area contributed by atoms with Gasteiger partial charge in [0.25, 0.3) is 0 Å². The second kappa shape index (κ2) is 25.4. The number of hydrogen-bond acceptors (Lipinski definition) is 2. The van der Waals surface area contributed by atoms with Gasteiger partial charge in [0.15, 0.2) is 0 Å². The van der Waals surface area contributed by atoms with Crippen LogP contribution in [0.5, 0.6) is 0 Å². The molecule has 0 spiro atoms. The van der Waals surface area contributed by atoms with Crippen LogP contribution in [0.2, 0.25) is 0 Å². The van der Waals surface area contributed by atoms with Gasteiger partial charge in [0.1, 0.15) is 0 Å². The van der Waals surface area contributed by atoms with E-state index in [0.717, 1.165) is 0 Å². The summed E-state index contributed by atoms with van der Waals surface area (Å²) in [5, 5.41) is 0. The van der Waals surface area contributed by atoms with E-state index in [1.165, 1.54) is 97.6 Å². The van der Waals surface area contributed by atoms with Gasteiger partial charge in [-0.15, -0.1) is 0 Å².